The van der Waals surface area contributed by atoms with E-state index in [9.17, 15) is 23.4 Å². The third kappa shape index (κ3) is 6.31. The van der Waals surface area contributed by atoms with Gasteiger partial charge in [0.25, 0.3) is 0 Å². The lowest BCUT2D eigenvalue weighted by Crippen LogP contribution is -2.43. The van der Waals surface area contributed by atoms with Crippen molar-refractivity contribution >= 4 is 22.9 Å². The Balaban J connectivity index is 1.59. The summed E-state index contributed by atoms with van der Waals surface area (Å²) >= 11 is 6.27. The summed E-state index contributed by atoms with van der Waals surface area (Å²) in [6, 6.07) is 6.62. The molecule has 3 rings (SSSR count). The second kappa shape index (κ2) is 9.84. The first-order chi connectivity index (χ1) is 14.7. The maximum Gasteiger partial charge on any atom is 0.573 e. The molecule has 1 aliphatic rings. The predicted octanol–water partition coefficient (Wildman–Crippen LogP) is 3.14. The summed E-state index contributed by atoms with van der Waals surface area (Å²) < 4.78 is 40.5. The Hall–Kier alpha value is -2.37. The average molecular weight is 460 g/mol. The monoisotopic (exact) mass is 459 g/mol. The average Bonchev–Trinajstić information content (AvgIpc) is 2.73. The standard InChI is InChI=1S/C20H21ClF3N3O4/c21-16-9-13(17(29)11-28)10-25-18(16)12-5-7-27(8-6-12)19(30)26-14-1-3-15(4-2-14)31-20(22,23)24/h1-5,9-10,17,19,26,28-30H,6-8,11H2/t17-,19?/m1/s1. The minimum atomic E-state index is -4.76. The summed E-state index contributed by atoms with van der Waals surface area (Å²) in [6.07, 6.45) is -3.00. The van der Waals surface area contributed by atoms with Crippen LogP contribution >= 0.6 is 11.6 Å². The molecule has 1 aromatic carbocycles. The maximum absolute atomic E-state index is 12.2. The number of ether oxygens (including phenoxy) is 1. The molecule has 0 amide bonds. The first-order valence-corrected chi connectivity index (χ1v) is 9.72. The van der Waals surface area contributed by atoms with E-state index in [0.29, 0.717) is 41.5 Å². The number of hydrogen-bond acceptors (Lipinski definition) is 7. The Kier molecular flexibility index (Phi) is 7.39. The third-order valence-corrected chi connectivity index (χ3v) is 4.98. The van der Waals surface area contributed by atoms with Gasteiger partial charge in [-0.2, -0.15) is 0 Å². The number of alkyl halides is 3. The van der Waals surface area contributed by atoms with Crippen molar-refractivity contribution in [1.82, 2.24) is 9.88 Å². The molecule has 4 N–H and O–H groups in total. The van der Waals surface area contributed by atoms with Gasteiger partial charge < -0.3 is 25.4 Å². The molecule has 0 saturated carbocycles. The van der Waals surface area contributed by atoms with Crippen molar-refractivity contribution in [3.05, 3.63) is 58.9 Å². The Labute approximate surface area is 181 Å². The van der Waals surface area contributed by atoms with Gasteiger partial charge in [-0.15, -0.1) is 13.2 Å². The van der Waals surface area contributed by atoms with Crippen LogP contribution in [0.25, 0.3) is 5.57 Å². The number of aromatic nitrogens is 1. The number of aliphatic hydroxyl groups is 3. The van der Waals surface area contributed by atoms with Crippen LogP contribution in [0.5, 0.6) is 5.75 Å². The van der Waals surface area contributed by atoms with Crippen LogP contribution < -0.4 is 10.1 Å². The van der Waals surface area contributed by atoms with Crippen LogP contribution in [0.4, 0.5) is 18.9 Å². The van der Waals surface area contributed by atoms with Crippen LogP contribution in [-0.4, -0.2) is 57.6 Å². The highest BCUT2D eigenvalue weighted by molar-refractivity contribution is 6.32. The predicted molar refractivity (Wildman–Crippen MR) is 108 cm³/mol. The van der Waals surface area contributed by atoms with Gasteiger partial charge in [-0.1, -0.05) is 17.7 Å². The molecule has 11 heteroatoms. The molecule has 2 atom stereocenters. The summed E-state index contributed by atoms with van der Waals surface area (Å²) in [4.78, 5) is 6.01. The zero-order valence-electron chi connectivity index (χ0n) is 16.2. The first kappa shape index (κ1) is 23.3. The van der Waals surface area contributed by atoms with E-state index in [1.165, 1.54) is 18.3 Å². The Morgan fingerprint density at radius 3 is 2.48 bits per heavy atom. The van der Waals surface area contributed by atoms with Gasteiger partial charge >= 0.3 is 6.36 Å². The lowest BCUT2D eigenvalue weighted by atomic mass is 10.0. The lowest BCUT2D eigenvalue weighted by Gasteiger charge is -2.31. The molecule has 0 bridgehead atoms. The minimum absolute atomic E-state index is 0.347. The second-order valence-corrected chi connectivity index (χ2v) is 7.27. The molecule has 2 aromatic rings. The normalized spacial score (nSPS) is 17.1. The van der Waals surface area contributed by atoms with Crippen LogP contribution in [-0.2, 0) is 0 Å². The van der Waals surface area contributed by atoms with E-state index in [-0.39, 0.29) is 5.75 Å². The summed E-state index contributed by atoms with van der Waals surface area (Å²) in [5.41, 5.74) is 2.30. The molecular weight excluding hydrogens is 439 g/mol. The third-order valence-electron chi connectivity index (χ3n) is 4.69. The second-order valence-electron chi connectivity index (χ2n) is 6.86. The van der Waals surface area contributed by atoms with Gasteiger partial charge in [0.2, 0.25) is 0 Å². The molecule has 7 nitrogen and oxygen atoms in total. The number of aliphatic hydroxyl groups excluding tert-OH is 3. The van der Waals surface area contributed by atoms with Crippen molar-refractivity contribution in [2.45, 2.75) is 25.2 Å². The fourth-order valence-electron chi connectivity index (χ4n) is 3.09. The lowest BCUT2D eigenvalue weighted by molar-refractivity contribution is -0.274. The highest BCUT2D eigenvalue weighted by Gasteiger charge is 2.31. The van der Waals surface area contributed by atoms with Crippen LogP contribution in [0.1, 0.15) is 23.8 Å². The molecular formula is C20H21ClF3N3O4. The van der Waals surface area contributed by atoms with Crippen molar-refractivity contribution in [3.63, 3.8) is 0 Å². The molecule has 0 radical (unpaired) electrons. The topological polar surface area (TPSA) is 98.1 Å². The number of rotatable bonds is 7. The number of pyridine rings is 1. The van der Waals surface area contributed by atoms with E-state index in [1.54, 1.807) is 11.0 Å². The van der Waals surface area contributed by atoms with Crippen molar-refractivity contribution in [3.8, 4) is 5.75 Å². The summed E-state index contributed by atoms with van der Waals surface area (Å²) in [5.74, 6) is -0.347. The van der Waals surface area contributed by atoms with Gasteiger partial charge in [-0.05, 0) is 42.3 Å². The minimum Gasteiger partial charge on any atom is -0.406 e. The van der Waals surface area contributed by atoms with Crippen LogP contribution in [0.2, 0.25) is 5.02 Å². The van der Waals surface area contributed by atoms with E-state index in [4.69, 9.17) is 16.7 Å². The SMILES string of the molecule is OC[C@@H](O)c1cnc(C2=CCN(C(O)Nc3ccc(OC(F)(F)F)cc3)CC2)c(Cl)c1. The van der Waals surface area contributed by atoms with Gasteiger partial charge in [-0.25, -0.2) is 0 Å². The molecule has 31 heavy (non-hydrogen) atoms. The molecule has 1 unspecified atom stereocenters. The van der Waals surface area contributed by atoms with E-state index in [1.807, 2.05) is 6.08 Å². The quantitative estimate of drug-likeness (QED) is 0.472. The van der Waals surface area contributed by atoms with Crippen molar-refractivity contribution < 1.29 is 33.2 Å². The van der Waals surface area contributed by atoms with Crippen LogP contribution in [0.15, 0.2) is 42.6 Å². The van der Waals surface area contributed by atoms with E-state index in [2.05, 4.69) is 15.0 Å². The number of nitrogens with one attached hydrogen (secondary N) is 1. The molecule has 1 aromatic heterocycles. The highest BCUT2D eigenvalue weighted by atomic mass is 35.5. The largest absolute Gasteiger partial charge is 0.573 e. The zero-order chi connectivity index (χ0) is 22.6. The molecule has 0 spiro atoms. The number of nitrogens with zero attached hydrogens (tertiary/aromatic N) is 2. The summed E-state index contributed by atoms with van der Waals surface area (Å²) in [7, 11) is 0. The van der Waals surface area contributed by atoms with Gasteiger partial charge in [0, 0.05) is 30.5 Å². The van der Waals surface area contributed by atoms with Crippen LogP contribution in [0.3, 0.4) is 0 Å². The molecule has 0 fully saturated rings. The highest BCUT2D eigenvalue weighted by Crippen LogP contribution is 2.29. The molecule has 0 aliphatic carbocycles. The van der Waals surface area contributed by atoms with Gasteiger partial charge in [0.05, 0.1) is 17.3 Å². The number of halogens is 4. The fourth-order valence-corrected chi connectivity index (χ4v) is 3.39. The van der Waals surface area contributed by atoms with Crippen molar-refractivity contribution in [1.29, 1.82) is 0 Å². The molecule has 2 heterocycles. The Morgan fingerprint density at radius 2 is 1.94 bits per heavy atom. The van der Waals surface area contributed by atoms with Gasteiger partial charge in [0.1, 0.15) is 11.9 Å². The molecule has 1 aliphatic heterocycles. The molecule has 0 saturated heterocycles. The summed E-state index contributed by atoms with van der Waals surface area (Å²) in [5, 5.41) is 32.3. The Morgan fingerprint density at radius 1 is 1.23 bits per heavy atom. The van der Waals surface area contributed by atoms with E-state index < -0.39 is 25.4 Å². The molecule has 168 valence electrons. The zero-order valence-corrected chi connectivity index (χ0v) is 16.9. The maximum atomic E-state index is 12.2. The van der Waals surface area contributed by atoms with E-state index in [0.717, 1.165) is 17.7 Å². The first-order valence-electron chi connectivity index (χ1n) is 9.34. The van der Waals surface area contributed by atoms with Gasteiger partial charge in [0.15, 0.2) is 6.35 Å². The van der Waals surface area contributed by atoms with E-state index >= 15 is 0 Å². The Bertz CT molecular complexity index is 925. The number of hydrogen-bond donors (Lipinski definition) is 4. The summed E-state index contributed by atoms with van der Waals surface area (Å²) in [6.45, 7) is 0.435. The van der Waals surface area contributed by atoms with Gasteiger partial charge in [-0.3, -0.25) is 9.88 Å². The number of anilines is 1. The smallest absolute Gasteiger partial charge is 0.406 e. The van der Waals surface area contributed by atoms with Crippen molar-refractivity contribution in [2.75, 3.05) is 25.0 Å². The fraction of sp³-hybridized carbons (Fsp3) is 0.350. The van der Waals surface area contributed by atoms with Crippen LogP contribution in [0, 0.1) is 0 Å². The van der Waals surface area contributed by atoms with Crippen molar-refractivity contribution in [2.24, 2.45) is 0 Å². The number of benzene rings is 1.